The minimum Gasteiger partial charge on any atom is -0.424 e. The van der Waals surface area contributed by atoms with Crippen LogP contribution in [0.15, 0.2) is 12.2 Å². The zero-order valence-corrected chi connectivity index (χ0v) is 9.33. The summed E-state index contributed by atoms with van der Waals surface area (Å²) in [5.74, 6) is -0.829. The summed E-state index contributed by atoms with van der Waals surface area (Å²) < 4.78 is 9.99. The average Bonchev–Trinajstić information content (AvgIpc) is 2.38. The highest BCUT2D eigenvalue weighted by molar-refractivity contribution is 5.88. The highest BCUT2D eigenvalue weighted by atomic mass is 16.7. The van der Waals surface area contributed by atoms with Crippen molar-refractivity contribution in [3.05, 3.63) is 12.2 Å². The molecule has 1 atom stereocenters. The SMILES string of the molecule is C=C(CC)C(=O)OC1OC(=O)CC1(C)C. The number of hydrogen-bond acceptors (Lipinski definition) is 4. The third-order valence-corrected chi connectivity index (χ3v) is 2.41. The van der Waals surface area contributed by atoms with Gasteiger partial charge in [-0.25, -0.2) is 4.79 Å². The molecule has 4 nitrogen and oxygen atoms in total. The quantitative estimate of drug-likeness (QED) is 0.528. The molecule has 1 aliphatic rings. The van der Waals surface area contributed by atoms with Gasteiger partial charge in [0.05, 0.1) is 6.42 Å². The van der Waals surface area contributed by atoms with E-state index >= 15 is 0 Å². The molecule has 0 aromatic heterocycles. The minimum atomic E-state index is -0.791. The molecule has 1 heterocycles. The molecular formula is C11H16O4. The Hall–Kier alpha value is -1.32. The largest absolute Gasteiger partial charge is 0.424 e. The molecule has 0 saturated carbocycles. The van der Waals surface area contributed by atoms with E-state index in [0.717, 1.165) is 0 Å². The topological polar surface area (TPSA) is 52.6 Å². The molecule has 1 unspecified atom stereocenters. The molecule has 0 spiro atoms. The predicted octanol–water partition coefficient (Wildman–Crippen LogP) is 1.79. The first-order chi connectivity index (χ1) is 6.86. The molecule has 84 valence electrons. The summed E-state index contributed by atoms with van der Waals surface area (Å²) in [4.78, 5) is 22.5. The van der Waals surface area contributed by atoms with Gasteiger partial charge in [0.1, 0.15) is 0 Å². The highest BCUT2D eigenvalue weighted by Gasteiger charge is 2.44. The van der Waals surface area contributed by atoms with Gasteiger partial charge < -0.3 is 9.47 Å². The molecule has 1 fully saturated rings. The van der Waals surface area contributed by atoms with Gasteiger partial charge in [-0.05, 0) is 6.42 Å². The highest BCUT2D eigenvalue weighted by Crippen LogP contribution is 2.35. The summed E-state index contributed by atoms with van der Waals surface area (Å²) in [6.07, 6.45) is 0.00419. The number of cyclic esters (lactones) is 1. The summed E-state index contributed by atoms with van der Waals surface area (Å²) in [7, 11) is 0. The summed E-state index contributed by atoms with van der Waals surface area (Å²) >= 11 is 0. The molecule has 0 aliphatic carbocycles. The van der Waals surface area contributed by atoms with Crippen LogP contribution in [0.25, 0.3) is 0 Å². The van der Waals surface area contributed by atoms with Gasteiger partial charge >= 0.3 is 11.9 Å². The predicted molar refractivity (Wildman–Crippen MR) is 53.8 cm³/mol. The second-order valence-electron chi connectivity index (χ2n) is 4.35. The van der Waals surface area contributed by atoms with Crippen LogP contribution >= 0.6 is 0 Å². The Labute approximate surface area is 89.2 Å². The van der Waals surface area contributed by atoms with E-state index in [2.05, 4.69) is 6.58 Å². The van der Waals surface area contributed by atoms with E-state index in [-0.39, 0.29) is 12.4 Å². The zero-order chi connectivity index (χ0) is 11.6. The van der Waals surface area contributed by atoms with Crippen molar-refractivity contribution in [2.24, 2.45) is 5.41 Å². The molecule has 0 N–H and O–H groups in total. The number of carbonyl (C=O) groups excluding carboxylic acids is 2. The van der Waals surface area contributed by atoms with Gasteiger partial charge in [-0.1, -0.05) is 27.4 Å². The van der Waals surface area contributed by atoms with Crippen molar-refractivity contribution < 1.29 is 19.1 Å². The van der Waals surface area contributed by atoms with E-state index in [1.165, 1.54) is 0 Å². The van der Waals surface area contributed by atoms with E-state index in [9.17, 15) is 9.59 Å². The first-order valence-corrected chi connectivity index (χ1v) is 4.95. The fourth-order valence-electron chi connectivity index (χ4n) is 1.28. The fraction of sp³-hybridized carbons (Fsp3) is 0.636. The number of carbonyl (C=O) groups is 2. The van der Waals surface area contributed by atoms with Gasteiger partial charge in [0.15, 0.2) is 0 Å². The van der Waals surface area contributed by atoms with Crippen molar-refractivity contribution in [2.45, 2.75) is 39.9 Å². The second-order valence-corrected chi connectivity index (χ2v) is 4.35. The Balaban J connectivity index is 2.63. The molecule has 1 saturated heterocycles. The van der Waals surface area contributed by atoms with Crippen LogP contribution in [-0.4, -0.2) is 18.2 Å². The van der Waals surface area contributed by atoms with E-state index in [4.69, 9.17) is 9.47 Å². The van der Waals surface area contributed by atoms with Gasteiger partial charge in [-0.2, -0.15) is 0 Å². The van der Waals surface area contributed by atoms with Crippen LogP contribution in [0.5, 0.6) is 0 Å². The summed E-state index contributed by atoms with van der Waals surface area (Å²) in [6, 6.07) is 0. The number of rotatable bonds is 3. The van der Waals surface area contributed by atoms with Crippen molar-refractivity contribution in [1.29, 1.82) is 0 Å². The lowest BCUT2D eigenvalue weighted by atomic mass is 9.91. The van der Waals surface area contributed by atoms with Crippen molar-refractivity contribution in [3.63, 3.8) is 0 Å². The molecular weight excluding hydrogens is 196 g/mol. The third kappa shape index (κ3) is 2.58. The van der Waals surface area contributed by atoms with E-state index in [1.807, 2.05) is 20.8 Å². The van der Waals surface area contributed by atoms with Crippen LogP contribution in [0, 0.1) is 5.41 Å². The van der Waals surface area contributed by atoms with Crippen molar-refractivity contribution >= 4 is 11.9 Å². The molecule has 1 aliphatic heterocycles. The molecule has 0 aromatic carbocycles. The van der Waals surface area contributed by atoms with E-state index in [0.29, 0.717) is 12.0 Å². The molecule has 15 heavy (non-hydrogen) atoms. The second kappa shape index (κ2) is 4.04. The maximum atomic E-state index is 11.4. The Morgan fingerprint density at radius 2 is 2.27 bits per heavy atom. The Morgan fingerprint density at radius 1 is 1.67 bits per heavy atom. The number of esters is 2. The maximum Gasteiger partial charge on any atom is 0.336 e. The van der Waals surface area contributed by atoms with Gasteiger partial charge in [0.2, 0.25) is 0 Å². The van der Waals surface area contributed by atoms with Crippen molar-refractivity contribution in [1.82, 2.24) is 0 Å². The van der Waals surface area contributed by atoms with Crippen LogP contribution in [-0.2, 0) is 19.1 Å². The smallest absolute Gasteiger partial charge is 0.336 e. The monoisotopic (exact) mass is 212 g/mol. The summed E-state index contributed by atoms with van der Waals surface area (Å²) in [5.41, 5.74) is -0.0745. The Morgan fingerprint density at radius 3 is 2.67 bits per heavy atom. The minimum absolute atomic E-state index is 0.267. The first kappa shape index (κ1) is 11.8. The Bertz CT molecular complexity index is 304. The van der Waals surface area contributed by atoms with Gasteiger partial charge in [-0.3, -0.25) is 4.79 Å². The normalized spacial score (nSPS) is 23.4. The lowest BCUT2D eigenvalue weighted by Gasteiger charge is -2.23. The van der Waals surface area contributed by atoms with E-state index < -0.39 is 17.7 Å². The third-order valence-electron chi connectivity index (χ3n) is 2.41. The number of hydrogen-bond donors (Lipinski definition) is 0. The standard InChI is InChI=1S/C11H16O4/c1-5-7(2)9(13)15-10-11(3,4)6-8(12)14-10/h10H,2,5-6H2,1,3-4H3. The fourth-order valence-corrected chi connectivity index (χ4v) is 1.28. The first-order valence-electron chi connectivity index (χ1n) is 4.95. The molecule has 0 aromatic rings. The van der Waals surface area contributed by atoms with Gasteiger partial charge in [-0.15, -0.1) is 0 Å². The van der Waals surface area contributed by atoms with Crippen LogP contribution < -0.4 is 0 Å². The maximum absolute atomic E-state index is 11.4. The van der Waals surface area contributed by atoms with Crippen LogP contribution in [0.1, 0.15) is 33.6 Å². The molecule has 0 radical (unpaired) electrons. The van der Waals surface area contributed by atoms with E-state index in [1.54, 1.807) is 0 Å². The summed E-state index contributed by atoms with van der Waals surface area (Å²) in [5, 5.41) is 0. The van der Waals surface area contributed by atoms with Crippen LogP contribution in [0.4, 0.5) is 0 Å². The Kier molecular flexibility index (Phi) is 3.17. The van der Waals surface area contributed by atoms with Crippen LogP contribution in [0.2, 0.25) is 0 Å². The lowest BCUT2D eigenvalue weighted by Crippen LogP contribution is -2.30. The van der Waals surface area contributed by atoms with Crippen LogP contribution in [0.3, 0.4) is 0 Å². The zero-order valence-electron chi connectivity index (χ0n) is 9.33. The number of ether oxygens (including phenoxy) is 2. The van der Waals surface area contributed by atoms with Gasteiger partial charge in [0, 0.05) is 11.0 Å². The lowest BCUT2D eigenvalue weighted by molar-refractivity contribution is -0.184. The van der Waals surface area contributed by atoms with Crippen molar-refractivity contribution in [2.75, 3.05) is 0 Å². The average molecular weight is 212 g/mol. The molecule has 0 amide bonds. The van der Waals surface area contributed by atoms with Gasteiger partial charge in [0.25, 0.3) is 6.29 Å². The van der Waals surface area contributed by atoms with Crippen molar-refractivity contribution in [3.8, 4) is 0 Å². The summed E-state index contributed by atoms with van der Waals surface area (Å²) in [6.45, 7) is 9.03. The molecule has 1 rings (SSSR count). The molecule has 4 heteroatoms. The molecule has 0 bridgehead atoms.